The number of carboxylic acid groups (broad SMARTS) is 1. The maximum absolute atomic E-state index is 11.7. The van der Waals surface area contributed by atoms with E-state index in [1.807, 2.05) is 0 Å². The van der Waals surface area contributed by atoms with Gasteiger partial charge in [0.1, 0.15) is 6.04 Å². The number of halogens is 1. The summed E-state index contributed by atoms with van der Waals surface area (Å²) in [5.41, 5.74) is 6.43. The highest BCUT2D eigenvalue weighted by atomic mass is 35.5. The summed E-state index contributed by atoms with van der Waals surface area (Å²) in [5, 5.41) is 14.1. The van der Waals surface area contributed by atoms with E-state index >= 15 is 0 Å². The first-order valence-corrected chi connectivity index (χ1v) is 6.97. The fourth-order valence-electron chi connectivity index (χ4n) is 1.55. The molecule has 1 aromatic rings. The van der Waals surface area contributed by atoms with Gasteiger partial charge in [-0.2, -0.15) is 0 Å². The summed E-state index contributed by atoms with van der Waals surface area (Å²) < 4.78 is 0. The van der Waals surface area contributed by atoms with Crippen LogP contribution in [0.1, 0.15) is 18.9 Å². The molecule has 8 heteroatoms. The van der Waals surface area contributed by atoms with Crippen molar-refractivity contribution in [2.24, 2.45) is 5.73 Å². The Kier molecular flexibility index (Phi) is 6.81. The zero-order valence-corrected chi connectivity index (χ0v) is 12.8. The quantitative estimate of drug-likeness (QED) is 0.572. The maximum Gasteiger partial charge on any atom is 0.325 e. The zero-order chi connectivity index (χ0) is 16.7. The average Bonchev–Trinajstić information content (AvgIpc) is 2.46. The number of hydrogen-bond acceptors (Lipinski definition) is 4. The minimum Gasteiger partial charge on any atom is -0.480 e. The van der Waals surface area contributed by atoms with Crippen LogP contribution in [0.2, 0.25) is 5.02 Å². The maximum atomic E-state index is 11.7. The molecule has 0 saturated carbocycles. The van der Waals surface area contributed by atoms with Gasteiger partial charge in [-0.3, -0.25) is 14.4 Å². The third-order valence-corrected chi connectivity index (χ3v) is 3.13. The van der Waals surface area contributed by atoms with E-state index in [4.69, 9.17) is 22.4 Å². The number of carbonyl (C=O) groups is 3. The molecule has 120 valence electrons. The molecule has 0 aliphatic rings. The first-order valence-electron chi connectivity index (χ1n) is 6.59. The predicted molar refractivity (Wildman–Crippen MR) is 81.1 cm³/mol. The highest BCUT2D eigenvalue weighted by Gasteiger charge is 2.21. The molecule has 0 fully saturated rings. The summed E-state index contributed by atoms with van der Waals surface area (Å²) in [7, 11) is 0. The molecule has 0 aliphatic carbocycles. The number of benzene rings is 1. The number of carboxylic acids is 1. The van der Waals surface area contributed by atoms with Crippen LogP contribution in [0.25, 0.3) is 0 Å². The number of nitrogens with one attached hydrogen (secondary N) is 2. The minimum atomic E-state index is -1.17. The molecule has 1 rings (SSSR count). The SMILES string of the molecule is CC(NC(=O)C(N)CC(=O)NCc1ccc(Cl)cc1)C(=O)O. The monoisotopic (exact) mass is 327 g/mol. The second-order valence-electron chi connectivity index (χ2n) is 4.78. The van der Waals surface area contributed by atoms with Crippen LogP contribution in [0.3, 0.4) is 0 Å². The second-order valence-corrected chi connectivity index (χ2v) is 5.22. The highest BCUT2D eigenvalue weighted by Crippen LogP contribution is 2.09. The van der Waals surface area contributed by atoms with Crippen molar-refractivity contribution >= 4 is 29.4 Å². The van der Waals surface area contributed by atoms with Crippen LogP contribution in [-0.2, 0) is 20.9 Å². The van der Waals surface area contributed by atoms with Crippen LogP contribution >= 0.6 is 11.6 Å². The molecule has 2 atom stereocenters. The average molecular weight is 328 g/mol. The molecular weight excluding hydrogens is 310 g/mol. The summed E-state index contributed by atoms with van der Waals surface area (Å²) in [6.07, 6.45) is -0.230. The number of carbonyl (C=O) groups excluding carboxylic acids is 2. The van der Waals surface area contributed by atoms with E-state index in [1.54, 1.807) is 24.3 Å². The Morgan fingerprint density at radius 2 is 1.86 bits per heavy atom. The Balaban J connectivity index is 2.39. The van der Waals surface area contributed by atoms with Gasteiger partial charge in [0.05, 0.1) is 12.5 Å². The van der Waals surface area contributed by atoms with E-state index in [1.165, 1.54) is 6.92 Å². The summed E-state index contributed by atoms with van der Waals surface area (Å²) in [6.45, 7) is 1.60. The first-order chi connectivity index (χ1) is 10.3. The lowest BCUT2D eigenvalue weighted by Crippen LogP contribution is -2.48. The van der Waals surface area contributed by atoms with Gasteiger partial charge in [-0.1, -0.05) is 23.7 Å². The highest BCUT2D eigenvalue weighted by molar-refractivity contribution is 6.30. The Morgan fingerprint density at radius 3 is 2.41 bits per heavy atom. The second kappa shape index (κ2) is 8.35. The van der Waals surface area contributed by atoms with Crippen LogP contribution in [0.15, 0.2) is 24.3 Å². The standard InChI is InChI=1S/C14H18ClN3O4/c1-8(14(21)22)18-13(20)11(16)6-12(19)17-7-9-2-4-10(15)5-3-9/h2-5,8,11H,6-7,16H2,1H3,(H,17,19)(H,18,20)(H,21,22). The van der Waals surface area contributed by atoms with Crippen LogP contribution in [-0.4, -0.2) is 35.0 Å². The van der Waals surface area contributed by atoms with Gasteiger partial charge in [-0.05, 0) is 24.6 Å². The number of nitrogens with two attached hydrogens (primary N) is 1. The fourth-order valence-corrected chi connectivity index (χ4v) is 1.68. The zero-order valence-electron chi connectivity index (χ0n) is 12.0. The van der Waals surface area contributed by atoms with Gasteiger partial charge in [-0.15, -0.1) is 0 Å². The smallest absolute Gasteiger partial charge is 0.325 e. The van der Waals surface area contributed by atoms with Crippen molar-refractivity contribution in [3.8, 4) is 0 Å². The third kappa shape index (κ3) is 6.11. The van der Waals surface area contributed by atoms with E-state index in [9.17, 15) is 14.4 Å². The molecule has 2 unspecified atom stereocenters. The fraction of sp³-hybridized carbons (Fsp3) is 0.357. The Labute approximate surface area is 132 Å². The lowest BCUT2D eigenvalue weighted by molar-refractivity contribution is -0.141. The van der Waals surface area contributed by atoms with Gasteiger partial charge in [0.2, 0.25) is 11.8 Å². The van der Waals surface area contributed by atoms with Crippen molar-refractivity contribution in [3.63, 3.8) is 0 Å². The number of amides is 2. The molecule has 2 amide bonds. The topological polar surface area (TPSA) is 122 Å². The van der Waals surface area contributed by atoms with Crippen molar-refractivity contribution < 1.29 is 19.5 Å². The molecule has 0 saturated heterocycles. The van der Waals surface area contributed by atoms with Gasteiger partial charge in [0.15, 0.2) is 0 Å². The normalized spacial score (nSPS) is 13.0. The molecule has 22 heavy (non-hydrogen) atoms. The van der Waals surface area contributed by atoms with Crippen molar-refractivity contribution in [3.05, 3.63) is 34.9 Å². The van der Waals surface area contributed by atoms with E-state index in [-0.39, 0.29) is 13.0 Å². The third-order valence-electron chi connectivity index (χ3n) is 2.87. The molecule has 7 nitrogen and oxygen atoms in total. The van der Waals surface area contributed by atoms with Crippen molar-refractivity contribution in [2.75, 3.05) is 0 Å². The van der Waals surface area contributed by atoms with Crippen molar-refractivity contribution in [1.82, 2.24) is 10.6 Å². The van der Waals surface area contributed by atoms with Gasteiger partial charge in [0.25, 0.3) is 0 Å². The molecule has 0 radical (unpaired) electrons. The Morgan fingerprint density at radius 1 is 1.27 bits per heavy atom. The van der Waals surface area contributed by atoms with Crippen LogP contribution < -0.4 is 16.4 Å². The van der Waals surface area contributed by atoms with Gasteiger partial charge < -0.3 is 21.5 Å². The summed E-state index contributed by atoms with van der Waals surface area (Å²) in [4.78, 5) is 33.9. The summed E-state index contributed by atoms with van der Waals surface area (Å²) in [5.74, 6) is -2.26. The number of hydrogen-bond donors (Lipinski definition) is 4. The summed E-state index contributed by atoms with van der Waals surface area (Å²) in [6, 6.07) is 4.78. The van der Waals surface area contributed by atoms with Crippen LogP contribution in [0.5, 0.6) is 0 Å². The largest absolute Gasteiger partial charge is 0.480 e. The summed E-state index contributed by atoms with van der Waals surface area (Å²) >= 11 is 5.75. The first kappa shape index (κ1) is 17.9. The molecule has 0 spiro atoms. The van der Waals surface area contributed by atoms with E-state index < -0.39 is 29.9 Å². The van der Waals surface area contributed by atoms with E-state index in [0.717, 1.165) is 5.56 Å². The van der Waals surface area contributed by atoms with E-state index in [2.05, 4.69) is 10.6 Å². The van der Waals surface area contributed by atoms with Crippen LogP contribution in [0, 0.1) is 0 Å². The van der Waals surface area contributed by atoms with Gasteiger partial charge in [0, 0.05) is 11.6 Å². The molecule has 0 heterocycles. The van der Waals surface area contributed by atoms with E-state index in [0.29, 0.717) is 5.02 Å². The lowest BCUT2D eigenvalue weighted by Gasteiger charge is -2.14. The molecule has 0 bridgehead atoms. The van der Waals surface area contributed by atoms with Gasteiger partial charge in [-0.25, -0.2) is 0 Å². The number of rotatable bonds is 7. The van der Waals surface area contributed by atoms with Crippen LogP contribution in [0.4, 0.5) is 0 Å². The number of aliphatic carboxylic acids is 1. The van der Waals surface area contributed by atoms with Crippen molar-refractivity contribution in [2.45, 2.75) is 32.0 Å². The lowest BCUT2D eigenvalue weighted by atomic mass is 10.1. The minimum absolute atomic E-state index is 0.230. The predicted octanol–water partition coefficient (Wildman–Crippen LogP) is 0.263. The Bertz CT molecular complexity index is 548. The molecule has 0 aromatic heterocycles. The molecule has 0 aliphatic heterocycles. The molecule has 1 aromatic carbocycles. The Hall–Kier alpha value is -2.12. The van der Waals surface area contributed by atoms with Crippen molar-refractivity contribution in [1.29, 1.82) is 0 Å². The molecule has 5 N–H and O–H groups in total. The molecular formula is C14H18ClN3O4. The van der Waals surface area contributed by atoms with Gasteiger partial charge >= 0.3 is 5.97 Å².